The normalized spacial score (nSPS) is 16.9. The number of nitrogens with one attached hydrogen (secondary N) is 1. The van der Waals surface area contributed by atoms with E-state index in [9.17, 15) is 9.90 Å². The van der Waals surface area contributed by atoms with E-state index >= 15 is 0 Å². The average Bonchev–Trinajstić information content (AvgIpc) is 2.95. The molecule has 1 saturated carbocycles. The number of ether oxygens (including phenoxy) is 1. The maximum Gasteiger partial charge on any atom is 0.255 e. The van der Waals surface area contributed by atoms with E-state index in [1.54, 1.807) is 19.2 Å². The van der Waals surface area contributed by atoms with E-state index in [4.69, 9.17) is 4.74 Å². The van der Waals surface area contributed by atoms with E-state index < -0.39 is 0 Å². The molecule has 1 fully saturated rings. The highest BCUT2D eigenvalue weighted by Gasteiger charge is 2.32. The van der Waals surface area contributed by atoms with Gasteiger partial charge in [0.25, 0.3) is 5.91 Å². The average molecular weight is 277 g/mol. The highest BCUT2D eigenvalue weighted by atomic mass is 16.5. The van der Waals surface area contributed by atoms with Crippen molar-refractivity contribution >= 4 is 5.91 Å². The van der Waals surface area contributed by atoms with Gasteiger partial charge in [-0.25, -0.2) is 0 Å². The predicted molar refractivity (Wildman–Crippen MR) is 78.2 cm³/mol. The zero-order valence-electron chi connectivity index (χ0n) is 12.2. The summed E-state index contributed by atoms with van der Waals surface area (Å²) in [6, 6.07) is 4.69. The number of aromatic hydroxyl groups is 1. The molecule has 1 aliphatic rings. The zero-order chi connectivity index (χ0) is 14.6. The summed E-state index contributed by atoms with van der Waals surface area (Å²) in [6.07, 6.45) is 5.92. The van der Waals surface area contributed by atoms with Crippen LogP contribution in [0.1, 0.15) is 49.4 Å². The Kier molecular flexibility index (Phi) is 4.53. The molecule has 0 bridgehead atoms. The van der Waals surface area contributed by atoms with Crippen LogP contribution in [0.15, 0.2) is 18.2 Å². The van der Waals surface area contributed by atoms with Gasteiger partial charge in [-0.15, -0.1) is 0 Å². The molecule has 4 heteroatoms. The van der Waals surface area contributed by atoms with Gasteiger partial charge in [0, 0.05) is 6.54 Å². The van der Waals surface area contributed by atoms with Crippen LogP contribution in [-0.2, 0) is 0 Å². The Labute approximate surface area is 120 Å². The maximum absolute atomic E-state index is 12.2. The summed E-state index contributed by atoms with van der Waals surface area (Å²) < 4.78 is 5.09. The molecule has 0 aromatic heterocycles. The zero-order valence-corrected chi connectivity index (χ0v) is 12.2. The Bertz CT molecular complexity index is 479. The lowest BCUT2D eigenvalue weighted by Crippen LogP contribution is -2.35. The monoisotopic (exact) mass is 277 g/mol. The van der Waals surface area contributed by atoms with Crippen LogP contribution >= 0.6 is 0 Å². The summed E-state index contributed by atoms with van der Waals surface area (Å²) in [6.45, 7) is 2.86. The Morgan fingerprint density at radius 3 is 2.70 bits per heavy atom. The fourth-order valence-electron chi connectivity index (χ4n) is 2.97. The van der Waals surface area contributed by atoms with Crippen molar-refractivity contribution in [2.24, 2.45) is 5.41 Å². The van der Waals surface area contributed by atoms with Crippen molar-refractivity contribution in [1.82, 2.24) is 5.32 Å². The minimum Gasteiger partial charge on any atom is -0.507 e. The standard InChI is InChI=1S/C16H23NO3/c1-3-16(8-4-5-9-16)11-17-15(19)13-10-12(20-2)6-7-14(13)18/h6-7,10,18H,3-5,8-9,11H2,1-2H3,(H,17,19). The summed E-state index contributed by atoms with van der Waals surface area (Å²) in [5.41, 5.74) is 0.512. The molecule has 0 atom stereocenters. The molecule has 2 rings (SSSR count). The molecule has 1 aliphatic carbocycles. The van der Waals surface area contributed by atoms with Crippen molar-refractivity contribution in [1.29, 1.82) is 0 Å². The fourth-order valence-corrected chi connectivity index (χ4v) is 2.97. The van der Waals surface area contributed by atoms with Crippen molar-refractivity contribution in [2.75, 3.05) is 13.7 Å². The first-order chi connectivity index (χ1) is 9.60. The first-order valence-corrected chi connectivity index (χ1v) is 7.25. The van der Waals surface area contributed by atoms with E-state index in [0.717, 1.165) is 6.42 Å². The second-order valence-corrected chi connectivity index (χ2v) is 5.63. The van der Waals surface area contributed by atoms with Gasteiger partial charge in [-0.3, -0.25) is 4.79 Å². The van der Waals surface area contributed by atoms with Crippen LogP contribution in [0, 0.1) is 5.41 Å². The van der Waals surface area contributed by atoms with Gasteiger partial charge in [0.05, 0.1) is 12.7 Å². The van der Waals surface area contributed by atoms with E-state index in [0.29, 0.717) is 12.3 Å². The lowest BCUT2D eigenvalue weighted by molar-refractivity contribution is 0.0925. The minimum absolute atomic E-state index is 0.0136. The number of hydrogen-bond donors (Lipinski definition) is 2. The SMILES string of the molecule is CCC1(CNC(=O)c2cc(OC)ccc2O)CCCC1. The van der Waals surface area contributed by atoms with Gasteiger partial charge >= 0.3 is 0 Å². The van der Waals surface area contributed by atoms with Crippen molar-refractivity contribution in [2.45, 2.75) is 39.0 Å². The Balaban J connectivity index is 2.04. The molecule has 0 aliphatic heterocycles. The van der Waals surface area contributed by atoms with E-state index in [1.807, 2.05) is 0 Å². The number of amides is 1. The molecule has 0 radical (unpaired) electrons. The molecule has 110 valence electrons. The first-order valence-electron chi connectivity index (χ1n) is 7.25. The second-order valence-electron chi connectivity index (χ2n) is 5.63. The third kappa shape index (κ3) is 3.06. The lowest BCUT2D eigenvalue weighted by Gasteiger charge is -2.27. The molecule has 0 saturated heterocycles. The summed E-state index contributed by atoms with van der Waals surface area (Å²) in [5, 5.41) is 12.8. The molecular weight excluding hydrogens is 254 g/mol. The van der Waals surface area contributed by atoms with Crippen molar-refractivity contribution in [3.8, 4) is 11.5 Å². The van der Waals surface area contributed by atoms with Crippen LogP contribution < -0.4 is 10.1 Å². The molecule has 2 N–H and O–H groups in total. The van der Waals surface area contributed by atoms with Crippen molar-refractivity contribution in [3.63, 3.8) is 0 Å². The van der Waals surface area contributed by atoms with Gasteiger partial charge in [0.15, 0.2) is 0 Å². The maximum atomic E-state index is 12.2. The molecular formula is C16H23NO3. The number of phenols is 1. The number of phenolic OH excluding ortho intramolecular Hbond substituents is 1. The van der Waals surface area contributed by atoms with Gasteiger partial charge in [-0.2, -0.15) is 0 Å². The van der Waals surface area contributed by atoms with E-state index in [1.165, 1.54) is 31.7 Å². The summed E-state index contributed by atoms with van der Waals surface area (Å²) >= 11 is 0. The molecule has 1 amide bonds. The van der Waals surface area contributed by atoms with Crippen molar-refractivity contribution in [3.05, 3.63) is 23.8 Å². The minimum atomic E-state index is -0.235. The summed E-state index contributed by atoms with van der Waals surface area (Å²) in [7, 11) is 1.54. The fraction of sp³-hybridized carbons (Fsp3) is 0.562. The van der Waals surface area contributed by atoms with Gasteiger partial charge in [-0.1, -0.05) is 19.8 Å². The molecule has 0 spiro atoms. The first kappa shape index (κ1) is 14.7. The van der Waals surface area contributed by atoms with E-state index in [-0.39, 0.29) is 22.6 Å². The third-order valence-corrected chi connectivity index (χ3v) is 4.49. The topological polar surface area (TPSA) is 58.6 Å². The smallest absolute Gasteiger partial charge is 0.255 e. The van der Waals surface area contributed by atoms with Crippen LogP contribution in [0.4, 0.5) is 0 Å². The van der Waals surface area contributed by atoms with Crippen molar-refractivity contribution < 1.29 is 14.6 Å². The number of benzene rings is 1. The number of rotatable bonds is 5. The van der Waals surface area contributed by atoms with Crippen LogP contribution in [0.3, 0.4) is 0 Å². The van der Waals surface area contributed by atoms with Crippen LogP contribution in [0.2, 0.25) is 0 Å². The quantitative estimate of drug-likeness (QED) is 0.869. The van der Waals surface area contributed by atoms with Gasteiger partial charge in [-0.05, 0) is 42.9 Å². The van der Waals surface area contributed by atoms with E-state index in [2.05, 4.69) is 12.2 Å². The van der Waals surface area contributed by atoms with Crippen LogP contribution in [0.5, 0.6) is 11.5 Å². The Hall–Kier alpha value is -1.71. The lowest BCUT2D eigenvalue weighted by atomic mass is 9.83. The van der Waals surface area contributed by atoms with Gasteiger partial charge < -0.3 is 15.2 Å². The molecule has 1 aromatic rings. The van der Waals surface area contributed by atoms with Gasteiger partial charge in [0.2, 0.25) is 0 Å². The highest BCUT2D eigenvalue weighted by Crippen LogP contribution is 2.40. The Morgan fingerprint density at radius 1 is 1.40 bits per heavy atom. The molecule has 0 heterocycles. The molecule has 20 heavy (non-hydrogen) atoms. The summed E-state index contributed by atoms with van der Waals surface area (Å²) in [5.74, 6) is 0.320. The third-order valence-electron chi connectivity index (χ3n) is 4.49. The predicted octanol–water partition coefficient (Wildman–Crippen LogP) is 3.10. The van der Waals surface area contributed by atoms with Crippen LogP contribution in [0.25, 0.3) is 0 Å². The largest absolute Gasteiger partial charge is 0.507 e. The van der Waals surface area contributed by atoms with Crippen LogP contribution in [-0.4, -0.2) is 24.7 Å². The highest BCUT2D eigenvalue weighted by molar-refractivity contribution is 5.97. The number of hydrogen-bond acceptors (Lipinski definition) is 3. The van der Waals surface area contributed by atoms with Gasteiger partial charge in [0.1, 0.15) is 11.5 Å². The Morgan fingerprint density at radius 2 is 2.10 bits per heavy atom. The molecule has 0 unspecified atom stereocenters. The molecule has 1 aromatic carbocycles. The second kappa shape index (κ2) is 6.16. The summed E-state index contributed by atoms with van der Waals surface area (Å²) in [4.78, 5) is 12.2. The number of carbonyl (C=O) groups excluding carboxylic acids is 1. The number of carbonyl (C=O) groups is 1. The molecule has 4 nitrogen and oxygen atoms in total. The number of methoxy groups -OCH3 is 1.